The van der Waals surface area contributed by atoms with Crippen molar-refractivity contribution in [1.29, 1.82) is 0 Å². The summed E-state index contributed by atoms with van der Waals surface area (Å²) in [6.45, 7) is 3.90. The molecule has 1 aliphatic heterocycles. The number of carbonyl (C=O) groups excluding carboxylic acids is 2. The average Bonchev–Trinajstić information content (AvgIpc) is 3.08. The molecule has 0 aromatic heterocycles. The van der Waals surface area contributed by atoms with Crippen LogP contribution >= 0.6 is 0 Å². The summed E-state index contributed by atoms with van der Waals surface area (Å²) >= 11 is 0. The van der Waals surface area contributed by atoms with E-state index >= 15 is 0 Å². The zero-order chi connectivity index (χ0) is 26.3. The van der Waals surface area contributed by atoms with Gasteiger partial charge in [-0.3, -0.25) is 9.69 Å². The van der Waals surface area contributed by atoms with Gasteiger partial charge in [0.15, 0.2) is 11.5 Å². The van der Waals surface area contributed by atoms with Crippen LogP contribution in [-0.4, -0.2) is 36.0 Å². The monoisotopic (exact) mass is 495 g/mol. The Labute approximate surface area is 206 Å². The van der Waals surface area contributed by atoms with Crippen LogP contribution in [0.5, 0.6) is 5.75 Å². The Morgan fingerprint density at radius 3 is 2.17 bits per heavy atom. The number of nitrogens with zero attached hydrogens (tertiary/aromatic N) is 2. The molecule has 4 rings (SSSR count). The fourth-order valence-electron chi connectivity index (χ4n) is 4.52. The number of rotatable bonds is 5. The molecule has 1 atom stereocenters. The third kappa shape index (κ3) is 4.10. The first-order valence-electron chi connectivity index (χ1n) is 11.2. The van der Waals surface area contributed by atoms with E-state index in [1.54, 1.807) is 12.1 Å². The number of likely N-dealkylation sites (N-methyl/N-ethyl adjacent to an activating group) is 1. The van der Waals surface area contributed by atoms with Crippen molar-refractivity contribution in [3.05, 3.63) is 89.5 Å². The molecule has 0 fully saturated rings. The second kappa shape index (κ2) is 9.14. The highest BCUT2D eigenvalue weighted by molar-refractivity contribution is 6.09. The molecule has 9 heteroatoms. The lowest BCUT2D eigenvalue weighted by molar-refractivity contribution is -0.189. The number of carbonyl (C=O) groups is 2. The third-order valence-electron chi connectivity index (χ3n) is 6.11. The summed E-state index contributed by atoms with van der Waals surface area (Å²) in [5.41, 5.74) is 7.12. The minimum atomic E-state index is -5.23. The first kappa shape index (κ1) is 25.0. The van der Waals surface area contributed by atoms with Crippen molar-refractivity contribution in [2.45, 2.75) is 31.5 Å². The molecule has 6 nitrogen and oxygen atoms in total. The minimum Gasteiger partial charge on any atom is -0.419 e. The SMILES string of the molecule is CC(C)c1c(-c2ccccc2)cccc1C1(c2ccccc2OC(=O)C(F)(F)F)N=C(N)N(C)C1=O. The number of nitrogens with two attached hydrogens (primary N) is 1. The normalized spacial score (nSPS) is 17.9. The molecule has 0 aliphatic carbocycles. The topological polar surface area (TPSA) is 85.0 Å². The molecule has 3 aromatic carbocycles. The maximum atomic E-state index is 13.9. The van der Waals surface area contributed by atoms with Gasteiger partial charge in [0.05, 0.1) is 0 Å². The number of benzene rings is 3. The molecule has 1 unspecified atom stereocenters. The number of hydrogen-bond donors (Lipinski definition) is 1. The summed E-state index contributed by atoms with van der Waals surface area (Å²) in [6, 6.07) is 20.5. The van der Waals surface area contributed by atoms with E-state index in [0.717, 1.165) is 21.6 Å². The van der Waals surface area contributed by atoms with Gasteiger partial charge in [-0.1, -0.05) is 80.6 Å². The smallest absolute Gasteiger partial charge is 0.419 e. The largest absolute Gasteiger partial charge is 0.491 e. The number of aliphatic imine (C=N–C) groups is 1. The molecule has 3 aromatic rings. The predicted molar refractivity (Wildman–Crippen MR) is 129 cm³/mol. The van der Waals surface area contributed by atoms with E-state index in [0.29, 0.717) is 5.56 Å². The number of hydrogen-bond acceptors (Lipinski definition) is 5. The number of amides is 1. The Morgan fingerprint density at radius 2 is 1.58 bits per heavy atom. The molecule has 186 valence electrons. The van der Waals surface area contributed by atoms with Crippen LogP contribution in [0.1, 0.15) is 36.5 Å². The van der Waals surface area contributed by atoms with Gasteiger partial charge in [0, 0.05) is 12.6 Å². The Bertz CT molecular complexity index is 1350. The van der Waals surface area contributed by atoms with E-state index in [-0.39, 0.29) is 17.4 Å². The molecule has 2 N–H and O–H groups in total. The summed E-state index contributed by atoms with van der Waals surface area (Å²) in [5, 5.41) is 0. The van der Waals surface area contributed by atoms with Crippen LogP contribution in [-0.2, 0) is 15.1 Å². The van der Waals surface area contributed by atoms with Gasteiger partial charge in [-0.2, -0.15) is 13.2 Å². The first-order valence-corrected chi connectivity index (χ1v) is 11.2. The van der Waals surface area contributed by atoms with E-state index < -0.39 is 29.3 Å². The predicted octanol–water partition coefficient (Wildman–Crippen LogP) is 4.98. The molecule has 1 aliphatic rings. The maximum Gasteiger partial charge on any atom is 0.491 e. The zero-order valence-corrected chi connectivity index (χ0v) is 19.8. The van der Waals surface area contributed by atoms with Crippen molar-refractivity contribution >= 4 is 17.8 Å². The van der Waals surface area contributed by atoms with E-state index in [9.17, 15) is 22.8 Å². The van der Waals surface area contributed by atoms with E-state index in [4.69, 9.17) is 10.5 Å². The van der Waals surface area contributed by atoms with E-state index in [1.165, 1.54) is 31.3 Å². The van der Waals surface area contributed by atoms with Gasteiger partial charge in [-0.15, -0.1) is 0 Å². The van der Waals surface area contributed by atoms with Crippen molar-refractivity contribution in [2.24, 2.45) is 10.7 Å². The number of alkyl halides is 3. The Morgan fingerprint density at radius 1 is 0.972 bits per heavy atom. The van der Waals surface area contributed by atoms with E-state index in [1.807, 2.05) is 50.2 Å². The molecule has 0 bridgehead atoms. The Kier molecular flexibility index (Phi) is 6.34. The van der Waals surface area contributed by atoms with Crippen LogP contribution in [0.3, 0.4) is 0 Å². The number of para-hydroxylation sites is 1. The minimum absolute atomic E-state index is 0.0213. The fraction of sp³-hybridized carbons (Fsp3) is 0.222. The lowest BCUT2D eigenvalue weighted by Gasteiger charge is -2.31. The summed E-state index contributed by atoms with van der Waals surface area (Å²) in [4.78, 5) is 31.3. The van der Waals surface area contributed by atoms with Crippen LogP contribution in [0, 0.1) is 0 Å². The van der Waals surface area contributed by atoms with Crippen molar-refractivity contribution in [3.63, 3.8) is 0 Å². The van der Waals surface area contributed by atoms with Gasteiger partial charge in [-0.25, -0.2) is 9.79 Å². The van der Waals surface area contributed by atoms with Crippen molar-refractivity contribution < 1.29 is 27.5 Å². The summed E-state index contributed by atoms with van der Waals surface area (Å²) in [5.74, 6) is -3.64. The van der Waals surface area contributed by atoms with Crippen molar-refractivity contribution in [2.75, 3.05) is 7.05 Å². The van der Waals surface area contributed by atoms with Gasteiger partial charge in [0.25, 0.3) is 5.91 Å². The molecule has 0 saturated carbocycles. The molecule has 1 amide bonds. The zero-order valence-electron chi connectivity index (χ0n) is 19.8. The Hall–Kier alpha value is -4.14. The van der Waals surface area contributed by atoms with Gasteiger partial charge in [0.1, 0.15) is 5.75 Å². The highest BCUT2D eigenvalue weighted by Gasteiger charge is 2.53. The molecular formula is C27H24F3N3O3. The second-order valence-corrected chi connectivity index (χ2v) is 8.72. The van der Waals surface area contributed by atoms with Crippen LogP contribution in [0.25, 0.3) is 11.1 Å². The van der Waals surface area contributed by atoms with Crippen LogP contribution < -0.4 is 10.5 Å². The van der Waals surface area contributed by atoms with Gasteiger partial charge < -0.3 is 10.5 Å². The standard InChI is InChI=1S/C27H24F3N3O3/c1-16(2)22-18(17-10-5-4-6-11-17)12-9-14-20(22)26(23(34)33(3)25(31)32-26)19-13-7-8-15-21(19)36-24(35)27(28,29)30/h4-16H,1-3H3,(H2,31,32). The van der Waals surface area contributed by atoms with Crippen molar-refractivity contribution in [1.82, 2.24) is 4.90 Å². The Balaban J connectivity index is 2.05. The molecule has 1 heterocycles. The van der Waals surface area contributed by atoms with Gasteiger partial charge in [-0.05, 0) is 34.2 Å². The molecular weight excluding hydrogens is 471 g/mol. The lowest BCUT2D eigenvalue weighted by Crippen LogP contribution is -2.42. The molecule has 0 saturated heterocycles. The second-order valence-electron chi connectivity index (χ2n) is 8.72. The van der Waals surface area contributed by atoms with Crippen LogP contribution in [0.4, 0.5) is 13.2 Å². The number of ether oxygens (including phenoxy) is 1. The van der Waals surface area contributed by atoms with Crippen LogP contribution in [0.2, 0.25) is 0 Å². The lowest BCUT2D eigenvalue weighted by atomic mass is 9.75. The maximum absolute atomic E-state index is 13.9. The molecule has 36 heavy (non-hydrogen) atoms. The highest BCUT2D eigenvalue weighted by Crippen LogP contribution is 2.48. The average molecular weight is 496 g/mol. The first-order chi connectivity index (χ1) is 17.0. The van der Waals surface area contributed by atoms with E-state index in [2.05, 4.69) is 4.99 Å². The molecule has 0 radical (unpaired) electrons. The number of guanidine groups is 1. The highest BCUT2D eigenvalue weighted by atomic mass is 19.4. The van der Waals surface area contributed by atoms with Crippen molar-refractivity contribution in [3.8, 4) is 16.9 Å². The number of esters is 1. The summed E-state index contributed by atoms with van der Waals surface area (Å²) in [7, 11) is 1.43. The summed E-state index contributed by atoms with van der Waals surface area (Å²) in [6.07, 6.45) is -5.23. The number of halogens is 3. The molecule has 0 spiro atoms. The quantitative estimate of drug-likeness (QED) is 0.400. The summed E-state index contributed by atoms with van der Waals surface area (Å²) < 4.78 is 44.0. The fourth-order valence-corrected chi connectivity index (χ4v) is 4.52. The van der Waals surface area contributed by atoms with Gasteiger partial charge >= 0.3 is 12.1 Å². The third-order valence-corrected chi connectivity index (χ3v) is 6.11. The van der Waals surface area contributed by atoms with Crippen LogP contribution in [0.15, 0.2) is 77.8 Å². The van der Waals surface area contributed by atoms with Gasteiger partial charge in [0.2, 0.25) is 0 Å².